The summed E-state index contributed by atoms with van der Waals surface area (Å²) in [6.07, 6.45) is 0. The molecule has 1 aliphatic heterocycles. The van der Waals surface area contributed by atoms with Crippen LogP contribution in [0.4, 0.5) is 4.39 Å². The number of hydrogen-bond donors (Lipinski definition) is 1. The van der Waals surface area contributed by atoms with E-state index < -0.39 is 10.0 Å². The number of carbonyl (C=O) groups is 1. The van der Waals surface area contributed by atoms with Gasteiger partial charge in [-0.05, 0) is 36.8 Å². The molecule has 1 aromatic heterocycles. The van der Waals surface area contributed by atoms with Gasteiger partial charge in [-0.2, -0.15) is 13.1 Å². The van der Waals surface area contributed by atoms with Gasteiger partial charge in [0.05, 0.1) is 24.3 Å². The third-order valence-electron chi connectivity index (χ3n) is 5.31. The van der Waals surface area contributed by atoms with Crippen molar-refractivity contribution in [2.75, 3.05) is 32.7 Å². The van der Waals surface area contributed by atoms with E-state index in [2.05, 4.69) is 14.1 Å². The van der Waals surface area contributed by atoms with Crippen molar-refractivity contribution in [3.8, 4) is 0 Å². The molecule has 0 saturated carbocycles. The smallest absolute Gasteiger partial charge is 0.245 e. The zero-order valence-electron chi connectivity index (χ0n) is 16.9. The van der Waals surface area contributed by atoms with Gasteiger partial charge in [-0.15, -0.1) is 0 Å². The van der Waals surface area contributed by atoms with Crippen LogP contribution in [0.2, 0.25) is 0 Å². The van der Waals surface area contributed by atoms with Crippen LogP contribution < -0.4 is 5.32 Å². The zero-order valence-corrected chi connectivity index (χ0v) is 18.5. The molecule has 1 amide bonds. The number of hydrogen-bond acceptors (Lipinski definition) is 7. The van der Waals surface area contributed by atoms with Crippen molar-refractivity contribution in [2.45, 2.75) is 17.9 Å². The summed E-state index contributed by atoms with van der Waals surface area (Å²) < 4.78 is 48.9. The number of fused-ring (bicyclic) bond motifs is 1. The van der Waals surface area contributed by atoms with Gasteiger partial charge < -0.3 is 5.32 Å². The molecule has 2 heterocycles. The molecular formula is C20H22FN5O3S2. The highest BCUT2D eigenvalue weighted by Gasteiger charge is 2.31. The molecule has 31 heavy (non-hydrogen) atoms. The molecule has 0 bridgehead atoms. The van der Waals surface area contributed by atoms with Crippen LogP contribution >= 0.6 is 11.7 Å². The predicted molar refractivity (Wildman–Crippen MR) is 116 cm³/mol. The first-order chi connectivity index (χ1) is 14.8. The second-order valence-electron chi connectivity index (χ2n) is 7.41. The van der Waals surface area contributed by atoms with Gasteiger partial charge in [0.1, 0.15) is 21.7 Å². The third kappa shape index (κ3) is 4.74. The summed E-state index contributed by atoms with van der Waals surface area (Å²) in [6, 6.07) is 10.7. The maximum Gasteiger partial charge on any atom is 0.245 e. The molecule has 0 aliphatic carbocycles. The third-order valence-corrected chi connectivity index (χ3v) is 7.79. The lowest BCUT2D eigenvalue weighted by atomic mass is 10.1. The fourth-order valence-electron chi connectivity index (χ4n) is 3.58. The molecule has 1 N–H and O–H groups in total. The molecule has 1 saturated heterocycles. The van der Waals surface area contributed by atoms with Crippen LogP contribution in [0.3, 0.4) is 0 Å². The summed E-state index contributed by atoms with van der Waals surface area (Å²) in [7, 11) is -3.69. The van der Waals surface area contributed by atoms with Crippen molar-refractivity contribution in [2.24, 2.45) is 0 Å². The Morgan fingerprint density at radius 3 is 2.55 bits per heavy atom. The van der Waals surface area contributed by atoms with Crippen LogP contribution in [-0.2, 0) is 14.8 Å². The molecule has 164 valence electrons. The number of nitrogens with one attached hydrogen (secondary N) is 1. The van der Waals surface area contributed by atoms with E-state index in [0.29, 0.717) is 24.1 Å². The lowest BCUT2D eigenvalue weighted by Gasteiger charge is -2.33. The fraction of sp³-hybridized carbons (Fsp3) is 0.350. The number of rotatable bonds is 6. The summed E-state index contributed by atoms with van der Waals surface area (Å²) in [5, 5.41) is 2.90. The minimum atomic E-state index is -3.69. The van der Waals surface area contributed by atoms with Gasteiger partial charge in [0, 0.05) is 26.2 Å². The Hall–Kier alpha value is -2.47. The Labute approximate surface area is 184 Å². The predicted octanol–water partition coefficient (Wildman–Crippen LogP) is 2.01. The van der Waals surface area contributed by atoms with Gasteiger partial charge in [0.2, 0.25) is 15.9 Å². The highest BCUT2D eigenvalue weighted by Crippen LogP contribution is 2.25. The molecule has 1 fully saturated rings. The van der Waals surface area contributed by atoms with Crippen LogP contribution in [0.15, 0.2) is 47.4 Å². The Morgan fingerprint density at radius 2 is 1.84 bits per heavy atom. The van der Waals surface area contributed by atoms with E-state index in [-0.39, 0.29) is 42.3 Å². The second-order valence-corrected chi connectivity index (χ2v) is 9.84. The first-order valence-electron chi connectivity index (χ1n) is 9.83. The van der Waals surface area contributed by atoms with Crippen molar-refractivity contribution < 1.29 is 17.6 Å². The van der Waals surface area contributed by atoms with E-state index in [0.717, 1.165) is 17.3 Å². The zero-order chi connectivity index (χ0) is 22.0. The van der Waals surface area contributed by atoms with Gasteiger partial charge >= 0.3 is 0 Å². The van der Waals surface area contributed by atoms with Gasteiger partial charge in [-0.25, -0.2) is 12.8 Å². The fourth-order valence-corrected chi connectivity index (χ4v) is 5.76. The van der Waals surface area contributed by atoms with Crippen LogP contribution in [0, 0.1) is 5.82 Å². The molecule has 0 spiro atoms. The summed E-state index contributed by atoms with van der Waals surface area (Å²) in [5.41, 5.74) is 1.78. The first-order valence-corrected chi connectivity index (χ1v) is 12.0. The highest BCUT2D eigenvalue weighted by atomic mass is 32.2. The molecule has 1 unspecified atom stereocenters. The summed E-state index contributed by atoms with van der Waals surface area (Å²) in [5.74, 6) is -0.483. The molecule has 4 rings (SSSR count). The van der Waals surface area contributed by atoms with Crippen molar-refractivity contribution in [3.05, 3.63) is 53.8 Å². The molecule has 2 aromatic carbocycles. The Balaban J connectivity index is 1.33. The second kappa shape index (κ2) is 8.95. The number of halogens is 1. The minimum Gasteiger partial charge on any atom is -0.348 e. The van der Waals surface area contributed by atoms with E-state index in [4.69, 9.17) is 0 Å². The van der Waals surface area contributed by atoms with Crippen molar-refractivity contribution in [1.29, 1.82) is 0 Å². The summed E-state index contributed by atoms with van der Waals surface area (Å²) in [6.45, 7) is 3.48. The van der Waals surface area contributed by atoms with Gasteiger partial charge in [-0.3, -0.25) is 9.69 Å². The molecule has 0 radical (unpaired) electrons. The Morgan fingerprint density at radius 1 is 1.13 bits per heavy atom. The Bertz CT molecular complexity index is 1180. The molecule has 1 atom stereocenters. The van der Waals surface area contributed by atoms with Crippen LogP contribution in [0.25, 0.3) is 11.0 Å². The lowest BCUT2D eigenvalue weighted by molar-refractivity contribution is -0.123. The SMILES string of the molecule is CC(NC(=O)CN1CCN(S(=O)(=O)c2cccc3nsnc23)CC1)c1ccc(F)cc1. The van der Waals surface area contributed by atoms with Crippen molar-refractivity contribution in [3.63, 3.8) is 0 Å². The van der Waals surface area contributed by atoms with E-state index in [1.54, 1.807) is 30.3 Å². The molecule has 3 aromatic rings. The topological polar surface area (TPSA) is 95.5 Å². The normalized spacial score (nSPS) is 17.0. The van der Waals surface area contributed by atoms with E-state index >= 15 is 0 Å². The molecular weight excluding hydrogens is 441 g/mol. The van der Waals surface area contributed by atoms with Gasteiger partial charge in [-0.1, -0.05) is 18.2 Å². The quantitative estimate of drug-likeness (QED) is 0.601. The van der Waals surface area contributed by atoms with Crippen LogP contribution in [-0.4, -0.2) is 65.0 Å². The number of sulfonamides is 1. The van der Waals surface area contributed by atoms with E-state index in [1.165, 1.54) is 16.4 Å². The van der Waals surface area contributed by atoms with Gasteiger partial charge in [0.25, 0.3) is 0 Å². The molecule has 1 aliphatic rings. The minimum absolute atomic E-state index is 0.161. The maximum absolute atomic E-state index is 13.1. The molecule has 8 nitrogen and oxygen atoms in total. The lowest BCUT2D eigenvalue weighted by Crippen LogP contribution is -2.51. The number of nitrogens with zero attached hydrogens (tertiary/aromatic N) is 4. The number of aromatic nitrogens is 2. The largest absolute Gasteiger partial charge is 0.348 e. The van der Waals surface area contributed by atoms with Gasteiger partial charge in [0.15, 0.2) is 0 Å². The molecule has 11 heteroatoms. The van der Waals surface area contributed by atoms with Crippen LogP contribution in [0.5, 0.6) is 0 Å². The number of carbonyl (C=O) groups excluding carboxylic acids is 1. The number of piperazine rings is 1. The highest BCUT2D eigenvalue weighted by molar-refractivity contribution is 7.89. The van der Waals surface area contributed by atoms with E-state index in [1.807, 2.05) is 11.8 Å². The Kier molecular flexibility index (Phi) is 6.28. The van der Waals surface area contributed by atoms with Crippen LogP contribution in [0.1, 0.15) is 18.5 Å². The summed E-state index contributed by atoms with van der Waals surface area (Å²) in [4.78, 5) is 14.5. The number of amides is 1. The maximum atomic E-state index is 13.1. The average Bonchev–Trinajstić information content (AvgIpc) is 3.23. The van der Waals surface area contributed by atoms with Crippen molar-refractivity contribution >= 4 is 38.7 Å². The monoisotopic (exact) mass is 463 g/mol. The summed E-state index contributed by atoms with van der Waals surface area (Å²) >= 11 is 0.987. The van der Waals surface area contributed by atoms with E-state index in [9.17, 15) is 17.6 Å². The average molecular weight is 464 g/mol. The number of benzene rings is 2. The standard InChI is InChI=1S/C20H22FN5O3S2/c1-14(15-5-7-16(21)8-6-15)22-19(27)13-25-9-11-26(12-10-25)31(28,29)18-4-2-3-17-20(18)24-30-23-17/h2-8,14H,9-13H2,1H3,(H,22,27). The first kappa shape index (κ1) is 21.8. The van der Waals surface area contributed by atoms with Crippen molar-refractivity contribution in [1.82, 2.24) is 23.3 Å².